The number of halogens is 1. The lowest BCUT2D eigenvalue weighted by atomic mass is 9.99. The highest BCUT2D eigenvalue weighted by Crippen LogP contribution is 2.36. The first-order valence-electron chi connectivity index (χ1n) is 7.13. The molecule has 1 unspecified atom stereocenters. The van der Waals surface area contributed by atoms with Crippen molar-refractivity contribution in [1.29, 1.82) is 0 Å². The summed E-state index contributed by atoms with van der Waals surface area (Å²) >= 11 is 0. The second-order valence-electron chi connectivity index (χ2n) is 5.43. The van der Waals surface area contributed by atoms with Crippen LogP contribution in [0.25, 0.3) is 0 Å². The molecule has 7 nitrogen and oxygen atoms in total. The zero-order valence-electron chi connectivity index (χ0n) is 12.4. The minimum absolute atomic E-state index is 0.0983. The average molecular weight is 351 g/mol. The number of hydrogen-bond acceptors (Lipinski definition) is 5. The Morgan fingerprint density at radius 3 is 2.50 bits per heavy atom. The lowest BCUT2D eigenvalue weighted by molar-refractivity contribution is -0.384. The number of non-ortho nitro benzene ring substituents is 1. The van der Waals surface area contributed by atoms with Gasteiger partial charge in [0, 0.05) is 24.7 Å². The van der Waals surface area contributed by atoms with Gasteiger partial charge >= 0.3 is 0 Å². The first kappa shape index (κ1) is 16.3. The third-order valence-corrected chi connectivity index (χ3v) is 5.77. The molecule has 0 aromatic heterocycles. The molecular weight excluding hydrogens is 337 g/mol. The summed E-state index contributed by atoms with van der Waals surface area (Å²) in [5.41, 5.74) is 6.52. The number of sulfonamides is 1. The topological polar surface area (TPSA) is 107 Å². The highest BCUT2D eigenvalue weighted by atomic mass is 32.2. The molecular formula is C15H14FN3O4S. The smallest absolute Gasteiger partial charge is 0.269 e. The number of anilines is 1. The molecule has 1 atom stereocenters. The average Bonchev–Trinajstić information content (AvgIpc) is 2.54. The Labute approximate surface area is 137 Å². The number of nitrogens with two attached hydrogens (primary N) is 1. The molecule has 3 rings (SSSR count). The molecule has 24 heavy (non-hydrogen) atoms. The normalized spacial score (nSPS) is 17.4. The lowest BCUT2D eigenvalue weighted by Gasteiger charge is -2.33. The number of rotatable bonds is 3. The molecule has 2 N–H and O–H groups in total. The van der Waals surface area contributed by atoms with E-state index < -0.39 is 20.8 Å². The van der Waals surface area contributed by atoms with E-state index in [0.29, 0.717) is 12.0 Å². The van der Waals surface area contributed by atoms with Crippen molar-refractivity contribution in [2.45, 2.75) is 17.4 Å². The fourth-order valence-electron chi connectivity index (χ4n) is 2.70. The molecule has 9 heteroatoms. The zero-order chi connectivity index (χ0) is 17.5. The predicted octanol–water partition coefficient (Wildman–Crippen LogP) is 2.33. The number of nitrogens with zero attached hydrogens (tertiary/aromatic N) is 2. The molecule has 1 aliphatic heterocycles. The third-order valence-electron chi connectivity index (χ3n) is 3.94. The van der Waals surface area contributed by atoms with Gasteiger partial charge in [-0.2, -0.15) is 0 Å². The summed E-state index contributed by atoms with van der Waals surface area (Å²) in [7, 11) is -3.97. The van der Waals surface area contributed by atoms with E-state index in [1.165, 1.54) is 24.3 Å². The van der Waals surface area contributed by atoms with E-state index in [1.54, 1.807) is 0 Å². The molecule has 2 aromatic rings. The minimum atomic E-state index is -3.97. The number of hydrogen-bond donors (Lipinski definition) is 1. The Morgan fingerprint density at radius 1 is 1.21 bits per heavy atom. The Bertz CT molecular complexity index is 899. The van der Waals surface area contributed by atoms with E-state index in [9.17, 15) is 22.9 Å². The predicted molar refractivity (Wildman–Crippen MR) is 85.6 cm³/mol. The van der Waals surface area contributed by atoms with Crippen molar-refractivity contribution in [2.24, 2.45) is 5.73 Å². The monoisotopic (exact) mass is 351 g/mol. The van der Waals surface area contributed by atoms with Gasteiger partial charge in [0.2, 0.25) is 0 Å². The van der Waals surface area contributed by atoms with E-state index in [1.807, 2.05) is 0 Å². The van der Waals surface area contributed by atoms with Crippen molar-refractivity contribution >= 4 is 21.4 Å². The van der Waals surface area contributed by atoms with Gasteiger partial charge in [0.15, 0.2) is 0 Å². The van der Waals surface area contributed by atoms with E-state index in [0.717, 1.165) is 22.5 Å². The highest BCUT2D eigenvalue weighted by Gasteiger charge is 2.32. The molecule has 0 radical (unpaired) electrons. The van der Waals surface area contributed by atoms with E-state index in [2.05, 4.69) is 0 Å². The van der Waals surface area contributed by atoms with E-state index in [4.69, 9.17) is 5.73 Å². The quantitative estimate of drug-likeness (QED) is 0.675. The Balaban J connectivity index is 2.06. The van der Waals surface area contributed by atoms with Crippen molar-refractivity contribution < 1.29 is 17.7 Å². The molecule has 0 amide bonds. The molecule has 0 saturated carbocycles. The van der Waals surface area contributed by atoms with Crippen LogP contribution in [0, 0.1) is 15.9 Å². The van der Waals surface area contributed by atoms with Crippen LogP contribution in [0.15, 0.2) is 47.4 Å². The van der Waals surface area contributed by atoms with Crippen LogP contribution in [0.2, 0.25) is 0 Å². The Hall–Kier alpha value is -2.52. The van der Waals surface area contributed by atoms with Crippen LogP contribution < -0.4 is 10.0 Å². The maximum absolute atomic E-state index is 13.6. The second kappa shape index (κ2) is 5.84. The number of nitro groups is 1. The number of nitro benzene ring substituents is 1. The summed E-state index contributed by atoms with van der Waals surface area (Å²) in [6.07, 6.45) is 0.394. The molecule has 0 fully saturated rings. The van der Waals surface area contributed by atoms with Gasteiger partial charge in [0.05, 0.1) is 15.5 Å². The first-order valence-corrected chi connectivity index (χ1v) is 8.57. The summed E-state index contributed by atoms with van der Waals surface area (Å²) in [4.78, 5) is 9.98. The zero-order valence-corrected chi connectivity index (χ0v) is 13.2. The van der Waals surface area contributed by atoms with Gasteiger partial charge in [-0.3, -0.25) is 14.4 Å². The van der Waals surface area contributed by atoms with Crippen molar-refractivity contribution in [3.63, 3.8) is 0 Å². The van der Waals surface area contributed by atoms with E-state index >= 15 is 0 Å². The molecule has 126 valence electrons. The Morgan fingerprint density at radius 2 is 1.88 bits per heavy atom. The first-order chi connectivity index (χ1) is 11.3. The number of benzene rings is 2. The van der Waals surface area contributed by atoms with Crippen molar-refractivity contribution in [3.05, 3.63) is 64.0 Å². The van der Waals surface area contributed by atoms with Crippen LogP contribution in [0.5, 0.6) is 0 Å². The summed E-state index contributed by atoms with van der Waals surface area (Å²) < 4.78 is 40.4. The van der Waals surface area contributed by atoms with Gasteiger partial charge < -0.3 is 5.73 Å². The lowest BCUT2D eigenvalue weighted by Crippen LogP contribution is -2.38. The van der Waals surface area contributed by atoms with Crippen LogP contribution >= 0.6 is 0 Å². The van der Waals surface area contributed by atoms with Gasteiger partial charge in [0.1, 0.15) is 5.82 Å². The minimum Gasteiger partial charge on any atom is -0.324 e. The maximum Gasteiger partial charge on any atom is 0.269 e. The van der Waals surface area contributed by atoms with Crippen LogP contribution in [-0.4, -0.2) is 19.9 Å². The maximum atomic E-state index is 13.6. The second-order valence-corrected chi connectivity index (χ2v) is 7.29. The molecule has 0 bridgehead atoms. The van der Waals surface area contributed by atoms with Gasteiger partial charge in [-0.15, -0.1) is 0 Å². The van der Waals surface area contributed by atoms with Crippen LogP contribution in [-0.2, 0) is 10.0 Å². The molecule has 0 aliphatic carbocycles. The summed E-state index contributed by atoms with van der Waals surface area (Å²) in [5.74, 6) is -0.563. The molecule has 0 saturated heterocycles. The number of fused-ring (bicyclic) bond motifs is 1. The van der Waals surface area contributed by atoms with Gasteiger partial charge in [-0.05, 0) is 36.2 Å². The fraction of sp³-hybridized carbons (Fsp3) is 0.200. The standard InChI is InChI=1S/C15H14FN3O4S/c16-10-1-6-13-14(17)7-8-18(15(13)9-10)24(22,23)12-4-2-11(3-5-12)19(20)21/h1-6,9,14H,7-8,17H2. The van der Waals surface area contributed by atoms with Crippen LogP contribution in [0.3, 0.4) is 0 Å². The molecule has 1 heterocycles. The Kier molecular flexibility index (Phi) is 3.98. The third kappa shape index (κ3) is 2.72. The van der Waals surface area contributed by atoms with Gasteiger partial charge in [-0.1, -0.05) is 6.07 Å². The van der Waals surface area contributed by atoms with Crippen molar-refractivity contribution in [2.75, 3.05) is 10.8 Å². The van der Waals surface area contributed by atoms with Crippen LogP contribution in [0.4, 0.5) is 15.8 Å². The largest absolute Gasteiger partial charge is 0.324 e. The molecule has 1 aliphatic rings. The summed E-state index contributed by atoms with van der Waals surface area (Å²) in [6.45, 7) is 0.108. The van der Waals surface area contributed by atoms with Crippen molar-refractivity contribution in [1.82, 2.24) is 0 Å². The van der Waals surface area contributed by atoms with Gasteiger partial charge in [0.25, 0.3) is 15.7 Å². The molecule has 2 aromatic carbocycles. The summed E-state index contributed by atoms with van der Waals surface area (Å²) in [6, 6.07) is 8.06. The van der Waals surface area contributed by atoms with Gasteiger partial charge in [-0.25, -0.2) is 12.8 Å². The van der Waals surface area contributed by atoms with E-state index in [-0.39, 0.29) is 28.9 Å². The van der Waals surface area contributed by atoms with Crippen molar-refractivity contribution in [3.8, 4) is 0 Å². The fourth-order valence-corrected chi connectivity index (χ4v) is 4.19. The SMILES string of the molecule is NC1CCN(S(=O)(=O)c2ccc([N+](=O)[O-])cc2)c2cc(F)ccc21. The highest BCUT2D eigenvalue weighted by molar-refractivity contribution is 7.92. The van der Waals surface area contributed by atoms with Crippen LogP contribution in [0.1, 0.15) is 18.0 Å². The summed E-state index contributed by atoms with van der Waals surface area (Å²) in [5, 5.41) is 10.7. The molecule has 0 spiro atoms.